The maximum absolute atomic E-state index is 7.29. The molecule has 10 rings (SSSR count). The third-order valence-electron chi connectivity index (χ3n) is 15.0. The highest BCUT2D eigenvalue weighted by molar-refractivity contribution is 5.91. The standard InChI is InChI=1S/C50H58N6O4/c1-5-29-24-32-25-45(54-20-16-35(29)32)47(36-17-21-51-43-13-11-33(57-3)26-41(36)43)59-49-38-9-7-8-10-39(38)50(56-55-49)60-48(46-28-40-30(6-2)23-31(40)15-19-53-46)37-18-22-52-44-14-12-34(58-4)27-42(37)44/h7-14,17-18,21-22,26-27,29-32,35,40,45-48,53-54H,5-6,15-16,19-20,23-25,28H2,1-4H3/t29-,30+,31?,32?,35+,40+,45-,46+,47+,48+/m0/s1. The molecule has 2 saturated carbocycles. The van der Waals surface area contributed by atoms with Crippen LogP contribution >= 0.6 is 0 Å². The lowest BCUT2D eigenvalue weighted by Crippen LogP contribution is -2.41. The summed E-state index contributed by atoms with van der Waals surface area (Å²) in [6.45, 7) is 6.60. The molecule has 0 spiro atoms. The second-order valence-electron chi connectivity index (χ2n) is 17.8. The quantitative estimate of drug-likeness (QED) is 0.124. The first-order valence-corrected chi connectivity index (χ1v) is 22.4. The van der Waals surface area contributed by atoms with Crippen LogP contribution in [0.2, 0.25) is 0 Å². The van der Waals surface area contributed by atoms with Crippen molar-refractivity contribution >= 4 is 32.6 Å². The van der Waals surface area contributed by atoms with Gasteiger partial charge in [0, 0.05) is 46.4 Å². The molecule has 60 heavy (non-hydrogen) atoms. The van der Waals surface area contributed by atoms with E-state index in [1.54, 1.807) is 14.2 Å². The smallest absolute Gasteiger partial charge is 0.242 e. The summed E-state index contributed by atoms with van der Waals surface area (Å²) in [4.78, 5) is 9.49. The summed E-state index contributed by atoms with van der Waals surface area (Å²) in [7, 11) is 3.42. The second-order valence-corrected chi connectivity index (χ2v) is 17.8. The Bertz CT molecular complexity index is 2480. The molecule has 3 aromatic carbocycles. The van der Waals surface area contributed by atoms with E-state index in [4.69, 9.17) is 39.1 Å². The van der Waals surface area contributed by atoms with Gasteiger partial charge in [-0.15, -0.1) is 10.2 Å². The van der Waals surface area contributed by atoms with Crippen LogP contribution < -0.4 is 29.6 Å². The normalized spacial score (nSPS) is 27.3. The largest absolute Gasteiger partial charge is 0.497 e. The Morgan fingerprint density at radius 2 is 1.12 bits per heavy atom. The van der Waals surface area contributed by atoms with Crippen molar-refractivity contribution in [2.75, 3.05) is 27.3 Å². The molecule has 2 unspecified atom stereocenters. The Labute approximate surface area is 353 Å². The summed E-state index contributed by atoms with van der Waals surface area (Å²) in [6, 6.07) is 24.8. The molecular formula is C50H58N6O4. The first kappa shape index (κ1) is 39.1. The lowest BCUT2D eigenvalue weighted by molar-refractivity contribution is 0.0446. The molecule has 2 aliphatic carbocycles. The second kappa shape index (κ2) is 16.8. The van der Waals surface area contributed by atoms with Gasteiger partial charge in [-0.25, -0.2) is 0 Å². The number of fused-ring (bicyclic) bond motifs is 5. The molecule has 10 nitrogen and oxygen atoms in total. The van der Waals surface area contributed by atoms with Gasteiger partial charge in [0.05, 0.1) is 36.0 Å². The third-order valence-corrected chi connectivity index (χ3v) is 15.0. The summed E-state index contributed by atoms with van der Waals surface area (Å²) >= 11 is 0. The molecule has 3 aromatic heterocycles. The van der Waals surface area contributed by atoms with Crippen molar-refractivity contribution < 1.29 is 18.9 Å². The Morgan fingerprint density at radius 1 is 0.583 bits per heavy atom. The Kier molecular flexibility index (Phi) is 10.9. The lowest BCUT2D eigenvalue weighted by atomic mass is 9.61. The zero-order valence-corrected chi connectivity index (χ0v) is 35.3. The van der Waals surface area contributed by atoms with Crippen molar-refractivity contribution in [2.45, 2.75) is 89.5 Å². The predicted octanol–water partition coefficient (Wildman–Crippen LogP) is 9.81. The predicted molar refractivity (Wildman–Crippen MR) is 236 cm³/mol. The highest BCUT2D eigenvalue weighted by Gasteiger charge is 2.46. The van der Waals surface area contributed by atoms with Crippen molar-refractivity contribution in [3.05, 3.63) is 96.3 Å². The number of nitrogens with zero attached hydrogens (tertiary/aromatic N) is 4. The molecule has 10 heteroatoms. The summed E-state index contributed by atoms with van der Waals surface area (Å²) in [5, 5.41) is 21.5. The molecule has 6 aromatic rings. The summed E-state index contributed by atoms with van der Waals surface area (Å²) in [6.07, 6.45) is 12.6. The molecule has 4 fully saturated rings. The molecule has 312 valence electrons. The van der Waals surface area contributed by atoms with Crippen LogP contribution in [0.25, 0.3) is 32.6 Å². The van der Waals surface area contributed by atoms with E-state index in [-0.39, 0.29) is 24.3 Å². The Balaban J connectivity index is 1.05. The van der Waals surface area contributed by atoms with E-state index in [0.29, 0.717) is 23.6 Å². The first-order valence-electron chi connectivity index (χ1n) is 22.4. The molecule has 0 amide bonds. The van der Waals surface area contributed by atoms with Gasteiger partial charge in [-0.1, -0.05) is 38.8 Å². The monoisotopic (exact) mass is 806 g/mol. The van der Waals surface area contributed by atoms with E-state index in [9.17, 15) is 0 Å². The first-order chi connectivity index (χ1) is 29.5. The van der Waals surface area contributed by atoms with Crippen molar-refractivity contribution in [3.8, 4) is 23.3 Å². The average Bonchev–Trinajstić information content (AvgIpc) is 3.55. The van der Waals surface area contributed by atoms with E-state index in [1.807, 2.05) is 48.8 Å². The zero-order chi connectivity index (χ0) is 40.7. The number of hydrogen-bond acceptors (Lipinski definition) is 10. The van der Waals surface area contributed by atoms with Crippen molar-refractivity contribution in [3.63, 3.8) is 0 Å². The SMILES string of the molecule is CC[C@@H]1CC2CCN[C@@H]([C@H](Oc3nnc(O[C@H](c4ccnc5ccc(OC)cc45)[C@@H]4CC5C[C@H](CC)[C@H]5CCN4)c4ccccc34)c3ccnc4ccc(OC)cc34)C[C@@H]21. The van der Waals surface area contributed by atoms with Gasteiger partial charge in [-0.2, -0.15) is 0 Å². The van der Waals surface area contributed by atoms with Gasteiger partial charge in [0.25, 0.3) is 0 Å². The van der Waals surface area contributed by atoms with Crippen LogP contribution in [0.15, 0.2) is 85.2 Å². The number of benzene rings is 3. The average molecular weight is 807 g/mol. The van der Waals surface area contributed by atoms with Crippen LogP contribution in [0.5, 0.6) is 23.3 Å². The minimum Gasteiger partial charge on any atom is -0.497 e. The van der Waals surface area contributed by atoms with Gasteiger partial charge in [0.1, 0.15) is 23.7 Å². The van der Waals surface area contributed by atoms with Crippen LogP contribution in [0.1, 0.15) is 88.5 Å². The molecule has 10 atom stereocenters. The third kappa shape index (κ3) is 7.19. The minimum atomic E-state index is -0.354. The number of methoxy groups -OCH3 is 2. The fourth-order valence-corrected chi connectivity index (χ4v) is 11.6. The number of hydrogen-bond donors (Lipinski definition) is 2. The number of ether oxygens (including phenoxy) is 4. The maximum atomic E-state index is 7.29. The number of pyridine rings is 2. The van der Waals surface area contributed by atoms with Crippen LogP contribution in [-0.4, -0.2) is 59.6 Å². The fourth-order valence-electron chi connectivity index (χ4n) is 11.6. The number of rotatable bonds is 12. The van der Waals surface area contributed by atoms with Gasteiger partial charge in [0.15, 0.2) is 0 Å². The Morgan fingerprint density at radius 3 is 1.68 bits per heavy atom. The van der Waals surface area contributed by atoms with Crippen molar-refractivity contribution in [1.29, 1.82) is 0 Å². The lowest BCUT2D eigenvalue weighted by Gasteiger charge is -2.45. The number of aromatic nitrogens is 4. The highest BCUT2D eigenvalue weighted by Crippen LogP contribution is 2.51. The molecule has 0 radical (unpaired) electrons. The van der Waals surface area contributed by atoms with E-state index < -0.39 is 0 Å². The van der Waals surface area contributed by atoms with E-state index in [2.05, 4.69) is 60.9 Å². The molecule has 2 aliphatic heterocycles. The van der Waals surface area contributed by atoms with E-state index in [1.165, 1.54) is 38.5 Å². The maximum Gasteiger partial charge on any atom is 0.242 e. The summed E-state index contributed by atoms with van der Waals surface area (Å²) in [5.41, 5.74) is 3.93. The Hall–Kier alpha value is -5.06. The fraction of sp³-hybridized carbons (Fsp3) is 0.480. The van der Waals surface area contributed by atoms with Crippen LogP contribution in [0.3, 0.4) is 0 Å². The van der Waals surface area contributed by atoms with Crippen molar-refractivity contribution in [1.82, 2.24) is 30.8 Å². The molecule has 4 aliphatic rings. The molecule has 2 saturated heterocycles. The van der Waals surface area contributed by atoms with Crippen LogP contribution in [0.4, 0.5) is 0 Å². The topological polar surface area (TPSA) is 113 Å². The summed E-state index contributed by atoms with van der Waals surface area (Å²) < 4.78 is 26.0. The van der Waals surface area contributed by atoms with Gasteiger partial charge in [0.2, 0.25) is 11.8 Å². The minimum absolute atomic E-state index is 0.0629. The van der Waals surface area contributed by atoms with Gasteiger partial charge in [-0.05, 0) is 148 Å². The van der Waals surface area contributed by atoms with Gasteiger partial charge >= 0.3 is 0 Å². The molecule has 0 bridgehead atoms. The van der Waals surface area contributed by atoms with Crippen LogP contribution in [0, 0.1) is 35.5 Å². The molecular weight excluding hydrogens is 749 g/mol. The summed E-state index contributed by atoms with van der Waals surface area (Å²) in [5.74, 6) is 6.99. The number of nitrogens with one attached hydrogen (secondary N) is 2. The van der Waals surface area contributed by atoms with Gasteiger partial charge < -0.3 is 29.6 Å². The van der Waals surface area contributed by atoms with Crippen LogP contribution in [-0.2, 0) is 0 Å². The van der Waals surface area contributed by atoms with E-state index in [0.717, 1.165) is 105 Å². The molecule has 2 N–H and O–H groups in total. The highest BCUT2D eigenvalue weighted by atomic mass is 16.5. The van der Waals surface area contributed by atoms with Gasteiger partial charge in [-0.3, -0.25) is 9.97 Å². The zero-order valence-electron chi connectivity index (χ0n) is 35.3. The van der Waals surface area contributed by atoms with Crippen molar-refractivity contribution in [2.24, 2.45) is 35.5 Å². The van der Waals surface area contributed by atoms with E-state index >= 15 is 0 Å². The molecule has 5 heterocycles.